The third kappa shape index (κ3) is 3.18. The lowest BCUT2D eigenvalue weighted by molar-refractivity contribution is -0.164. The molecule has 80 valence electrons. The van der Waals surface area contributed by atoms with Gasteiger partial charge in [-0.2, -0.15) is 0 Å². The van der Waals surface area contributed by atoms with Crippen LogP contribution in [-0.2, 0) is 0 Å². The van der Waals surface area contributed by atoms with E-state index in [0.717, 1.165) is 6.92 Å². The Morgan fingerprint density at radius 1 is 1.15 bits per heavy atom. The molecule has 4 atom stereocenters. The van der Waals surface area contributed by atoms with Crippen LogP contribution in [0.5, 0.6) is 0 Å². The molecule has 0 heterocycles. The normalized spacial score (nSPS) is 23.3. The second-order valence-electron chi connectivity index (χ2n) is 3.20. The Kier molecular flexibility index (Phi) is 4.76. The summed E-state index contributed by atoms with van der Waals surface area (Å²) in [7, 11) is 0. The smallest absolute Gasteiger partial charge is 0.113 e. The first-order valence-corrected chi connectivity index (χ1v) is 3.85. The molecule has 0 aliphatic heterocycles. The summed E-state index contributed by atoms with van der Waals surface area (Å²) in [6.07, 6.45) is -4.97. The Balaban J connectivity index is 4.32. The molecule has 0 unspecified atom stereocenters. The highest BCUT2D eigenvalue weighted by Crippen LogP contribution is 2.14. The van der Waals surface area contributed by atoms with Gasteiger partial charge in [0.1, 0.15) is 23.9 Å². The van der Waals surface area contributed by atoms with E-state index < -0.39 is 37.1 Å². The van der Waals surface area contributed by atoms with Crippen molar-refractivity contribution in [2.75, 3.05) is 13.2 Å². The van der Waals surface area contributed by atoms with Crippen molar-refractivity contribution < 1.29 is 30.6 Å². The van der Waals surface area contributed by atoms with Crippen molar-refractivity contribution in [3.05, 3.63) is 0 Å². The lowest BCUT2D eigenvalue weighted by Gasteiger charge is -2.32. The Bertz CT molecular complexity index is 148. The number of hydrogen-bond donors (Lipinski definition) is 6. The standard InChI is InChI=1S/C7H16O6/c1-7(13,3-9)6(12)5(11)4(10)2-8/h4-6,8-13H,2-3H2,1H3/t4-,5-,6-,7+/m0/s1. The summed E-state index contributed by atoms with van der Waals surface area (Å²) in [4.78, 5) is 0. The molecule has 0 aliphatic rings. The summed E-state index contributed by atoms with van der Waals surface area (Å²) in [6, 6.07) is 0. The quantitative estimate of drug-likeness (QED) is 0.275. The van der Waals surface area contributed by atoms with Crippen molar-refractivity contribution in [2.24, 2.45) is 0 Å². The third-order valence-corrected chi connectivity index (χ3v) is 1.86. The number of aliphatic hydroxyl groups is 6. The van der Waals surface area contributed by atoms with Gasteiger partial charge in [0.05, 0.1) is 13.2 Å². The maximum absolute atomic E-state index is 9.25. The van der Waals surface area contributed by atoms with Gasteiger partial charge in [-0.1, -0.05) is 0 Å². The highest BCUT2D eigenvalue weighted by Gasteiger charge is 2.38. The van der Waals surface area contributed by atoms with Crippen LogP contribution in [0.4, 0.5) is 0 Å². The molecule has 0 aliphatic carbocycles. The van der Waals surface area contributed by atoms with E-state index in [4.69, 9.17) is 20.4 Å². The van der Waals surface area contributed by atoms with E-state index >= 15 is 0 Å². The van der Waals surface area contributed by atoms with E-state index in [1.165, 1.54) is 0 Å². The van der Waals surface area contributed by atoms with E-state index in [0.29, 0.717) is 0 Å². The molecule has 6 nitrogen and oxygen atoms in total. The van der Waals surface area contributed by atoms with E-state index in [1.54, 1.807) is 0 Å². The summed E-state index contributed by atoms with van der Waals surface area (Å²) < 4.78 is 0. The molecule has 0 fully saturated rings. The maximum Gasteiger partial charge on any atom is 0.113 e. The predicted octanol–water partition coefficient (Wildman–Crippen LogP) is -3.20. The molecule has 0 saturated heterocycles. The average molecular weight is 196 g/mol. The van der Waals surface area contributed by atoms with Gasteiger partial charge in [-0.25, -0.2) is 0 Å². The van der Waals surface area contributed by atoms with Crippen LogP contribution >= 0.6 is 0 Å². The fourth-order valence-electron chi connectivity index (χ4n) is 0.780. The monoisotopic (exact) mass is 196 g/mol. The molecule has 0 aromatic carbocycles. The minimum absolute atomic E-state index is 0.736. The lowest BCUT2D eigenvalue weighted by atomic mass is 9.93. The van der Waals surface area contributed by atoms with Gasteiger partial charge in [0.25, 0.3) is 0 Å². The summed E-state index contributed by atoms with van der Waals surface area (Å²) in [5, 5.41) is 53.5. The number of rotatable bonds is 5. The van der Waals surface area contributed by atoms with E-state index in [1.807, 2.05) is 0 Å². The van der Waals surface area contributed by atoms with Gasteiger partial charge in [0.15, 0.2) is 0 Å². The summed E-state index contributed by atoms with van der Waals surface area (Å²) in [6.45, 7) is -0.395. The molecular weight excluding hydrogens is 180 g/mol. The Labute approximate surface area is 75.7 Å². The molecule has 0 aromatic rings. The summed E-state index contributed by atoms with van der Waals surface area (Å²) >= 11 is 0. The zero-order valence-electron chi connectivity index (χ0n) is 7.33. The molecule has 0 amide bonds. The summed E-state index contributed by atoms with van der Waals surface area (Å²) in [5.41, 5.74) is -1.91. The van der Waals surface area contributed by atoms with E-state index in [-0.39, 0.29) is 0 Å². The molecular formula is C7H16O6. The van der Waals surface area contributed by atoms with Crippen LogP contribution in [0.1, 0.15) is 6.92 Å². The SMILES string of the molecule is C[C@@](O)(CO)[C@@H](O)[C@@H](O)[C@@H](O)CO. The van der Waals surface area contributed by atoms with E-state index in [9.17, 15) is 10.2 Å². The minimum Gasteiger partial charge on any atom is -0.394 e. The lowest BCUT2D eigenvalue weighted by Crippen LogP contribution is -2.54. The van der Waals surface area contributed by atoms with E-state index in [2.05, 4.69) is 0 Å². The highest BCUT2D eigenvalue weighted by molar-refractivity contribution is 4.89. The van der Waals surface area contributed by atoms with Crippen molar-refractivity contribution in [2.45, 2.75) is 30.8 Å². The first-order chi connectivity index (χ1) is 5.86. The van der Waals surface area contributed by atoms with Crippen LogP contribution in [-0.4, -0.2) is 67.8 Å². The second kappa shape index (κ2) is 4.85. The molecule has 0 saturated carbocycles. The van der Waals surface area contributed by atoms with Gasteiger partial charge in [0, 0.05) is 0 Å². The number of aliphatic hydroxyl groups excluding tert-OH is 5. The topological polar surface area (TPSA) is 121 Å². The van der Waals surface area contributed by atoms with Crippen LogP contribution in [0.3, 0.4) is 0 Å². The molecule has 0 rings (SSSR count). The van der Waals surface area contributed by atoms with Crippen molar-refractivity contribution in [3.8, 4) is 0 Å². The van der Waals surface area contributed by atoms with Crippen LogP contribution < -0.4 is 0 Å². The molecule has 13 heavy (non-hydrogen) atoms. The second-order valence-corrected chi connectivity index (χ2v) is 3.20. The largest absolute Gasteiger partial charge is 0.394 e. The first kappa shape index (κ1) is 12.8. The van der Waals surface area contributed by atoms with Crippen LogP contribution in [0.15, 0.2) is 0 Å². The van der Waals surface area contributed by atoms with Crippen molar-refractivity contribution >= 4 is 0 Å². The van der Waals surface area contributed by atoms with Gasteiger partial charge in [-0.05, 0) is 6.92 Å². The minimum atomic E-state index is -1.91. The molecule has 0 bridgehead atoms. The first-order valence-electron chi connectivity index (χ1n) is 3.85. The molecule has 0 radical (unpaired) electrons. The van der Waals surface area contributed by atoms with Crippen LogP contribution in [0.2, 0.25) is 0 Å². The third-order valence-electron chi connectivity index (χ3n) is 1.86. The Morgan fingerprint density at radius 2 is 1.62 bits per heavy atom. The molecule has 0 spiro atoms. The molecule has 6 heteroatoms. The fourth-order valence-corrected chi connectivity index (χ4v) is 0.780. The average Bonchev–Trinajstić information content (AvgIpc) is 2.14. The van der Waals surface area contributed by atoms with Crippen molar-refractivity contribution in [1.29, 1.82) is 0 Å². The molecule has 0 aromatic heterocycles. The van der Waals surface area contributed by atoms with Gasteiger partial charge >= 0.3 is 0 Å². The maximum atomic E-state index is 9.25. The number of hydrogen-bond acceptors (Lipinski definition) is 6. The van der Waals surface area contributed by atoms with Gasteiger partial charge in [0.2, 0.25) is 0 Å². The predicted molar refractivity (Wildman–Crippen MR) is 42.8 cm³/mol. The van der Waals surface area contributed by atoms with Gasteiger partial charge in [-0.15, -0.1) is 0 Å². The molecule has 6 N–H and O–H groups in total. The van der Waals surface area contributed by atoms with Gasteiger partial charge < -0.3 is 30.6 Å². The highest BCUT2D eigenvalue weighted by atomic mass is 16.4. The fraction of sp³-hybridized carbons (Fsp3) is 1.00. The Morgan fingerprint density at radius 3 is 1.92 bits per heavy atom. The van der Waals surface area contributed by atoms with Crippen molar-refractivity contribution in [1.82, 2.24) is 0 Å². The zero-order valence-corrected chi connectivity index (χ0v) is 7.33. The van der Waals surface area contributed by atoms with Crippen LogP contribution in [0, 0.1) is 0 Å². The van der Waals surface area contributed by atoms with Crippen LogP contribution in [0.25, 0.3) is 0 Å². The van der Waals surface area contributed by atoms with Gasteiger partial charge in [-0.3, -0.25) is 0 Å². The summed E-state index contributed by atoms with van der Waals surface area (Å²) in [5.74, 6) is 0. The Hall–Kier alpha value is -0.240. The van der Waals surface area contributed by atoms with Crippen molar-refractivity contribution in [3.63, 3.8) is 0 Å². The zero-order chi connectivity index (χ0) is 10.6.